The number of hydrogen-bond acceptors (Lipinski definition) is 2. The quantitative estimate of drug-likeness (QED) is 0.716. The maximum Gasteiger partial charge on any atom is 0.219 e. The minimum atomic E-state index is 0.213. The number of amides is 1. The topological polar surface area (TPSA) is 39.3 Å². The standard InChI is InChI=1S/C25H29N3O/c1-19(29)28-16-23-15-27(14-22-9-5-8-21-11-13-26-24(21)22)17-25(23,18-28)12-10-20-6-3-2-4-7-20/h2-9,11,13,23,26H,10,12,14-18H2,1H3. The molecule has 29 heavy (non-hydrogen) atoms. The van der Waals surface area contributed by atoms with Crippen molar-refractivity contribution in [3.05, 3.63) is 71.9 Å². The number of nitrogens with one attached hydrogen (secondary N) is 1. The van der Waals surface area contributed by atoms with Crippen LogP contribution in [0, 0.1) is 11.3 Å². The summed E-state index contributed by atoms with van der Waals surface area (Å²) in [6.45, 7) is 6.66. The van der Waals surface area contributed by atoms with Gasteiger partial charge in [-0.15, -0.1) is 0 Å². The first-order valence-electron chi connectivity index (χ1n) is 10.7. The van der Waals surface area contributed by atoms with Gasteiger partial charge in [0.25, 0.3) is 0 Å². The summed E-state index contributed by atoms with van der Waals surface area (Å²) in [5.74, 6) is 0.791. The second kappa shape index (κ2) is 7.34. The third-order valence-electron chi connectivity index (χ3n) is 7.10. The van der Waals surface area contributed by atoms with Gasteiger partial charge in [-0.3, -0.25) is 9.69 Å². The van der Waals surface area contributed by atoms with Gasteiger partial charge in [-0.05, 0) is 41.3 Å². The molecule has 0 radical (unpaired) electrons. The molecule has 2 atom stereocenters. The normalized spacial score (nSPS) is 24.3. The van der Waals surface area contributed by atoms with Crippen LogP contribution >= 0.6 is 0 Å². The maximum absolute atomic E-state index is 12.1. The molecule has 0 aliphatic carbocycles. The van der Waals surface area contributed by atoms with E-state index in [1.54, 1.807) is 6.92 Å². The highest BCUT2D eigenvalue weighted by molar-refractivity contribution is 5.82. The number of hydrogen-bond donors (Lipinski definition) is 1. The highest BCUT2D eigenvalue weighted by Gasteiger charge is 2.52. The van der Waals surface area contributed by atoms with Gasteiger partial charge in [-0.2, -0.15) is 0 Å². The molecule has 4 nitrogen and oxygen atoms in total. The van der Waals surface area contributed by atoms with E-state index in [1.165, 1.54) is 22.0 Å². The molecular formula is C25H29N3O. The fourth-order valence-electron chi connectivity index (χ4n) is 5.57. The summed E-state index contributed by atoms with van der Waals surface area (Å²) in [6.07, 6.45) is 4.26. The number of aromatic amines is 1. The number of H-pyrrole nitrogens is 1. The molecule has 1 N–H and O–H groups in total. The number of fused-ring (bicyclic) bond motifs is 2. The number of carbonyl (C=O) groups is 1. The van der Waals surface area contributed by atoms with Crippen LogP contribution in [0.15, 0.2) is 60.8 Å². The van der Waals surface area contributed by atoms with Crippen LogP contribution in [0.5, 0.6) is 0 Å². The molecule has 0 bridgehead atoms. The lowest BCUT2D eigenvalue weighted by Gasteiger charge is -2.29. The van der Waals surface area contributed by atoms with E-state index >= 15 is 0 Å². The summed E-state index contributed by atoms with van der Waals surface area (Å²) in [5.41, 5.74) is 4.24. The van der Waals surface area contributed by atoms with Crippen molar-refractivity contribution in [1.29, 1.82) is 0 Å². The van der Waals surface area contributed by atoms with Crippen molar-refractivity contribution in [3.63, 3.8) is 0 Å². The van der Waals surface area contributed by atoms with E-state index in [1.807, 2.05) is 6.20 Å². The van der Waals surface area contributed by atoms with E-state index in [2.05, 4.69) is 69.4 Å². The molecule has 2 aliphatic rings. The highest BCUT2D eigenvalue weighted by Crippen LogP contribution is 2.46. The van der Waals surface area contributed by atoms with Crippen LogP contribution in [0.3, 0.4) is 0 Å². The number of benzene rings is 2. The molecule has 2 fully saturated rings. The van der Waals surface area contributed by atoms with E-state index in [0.29, 0.717) is 5.92 Å². The molecule has 2 saturated heterocycles. The summed E-state index contributed by atoms with van der Waals surface area (Å²) in [5, 5.41) is 1.28. The predicted octanol–water partition coefficient (Wildman–Crippen LogP) is 4.08. The van der Waals surface area contributed by atoms with Gasteiger partial charge in [-0.1, -0.05) is 48.5 Å². The Morgan fingerprint density at radius 1 is 1.07 bits per heavy atom. The molecular weight excluding hydrogens is 358 g/mol. The Morgan fingerprint density at radius 3 is 2.76 bits per heavy atom. The molecule has 2 aliphatic heterocycles. The minimum Gasteiger partial charge on any atom is -0.361 e. The number of nitrogens with zero attached hydrogens (tertiary/aromatic N) is 2. The average molecular weight is 388 g/mol. The smallest absolute Gasteiger partial charge is 0.219 e. The van der Waals surface area contributed by atoms with Gasteiger partial charge in [0.05, 0.1) is 0 Å². The van der Waals surface area contributed by atoms with Gasteiger partial charge in [0.2, 0.25) is 5.91 Å². The zero-order valence-electron chi connectivity index (χ0n) is 17.1. The van der Waals surface area contributed by atoms with Gasteiger partial charge < -0.3 is 9.88 Å². The van der Waals surface area contributed by atoms with Crippen molar-refractivity contribution in [2.24, 2.45) is 11.3 Å². The van der Waals surface area contributed by atoms with E-state index < -0.39 is 0 Å². The average Bonchev–Trinajstić information content (AvgIpc) is 3.40. The number of aromatic nitrogens is 1. The zero-order chi connectivity index (χ0) is 19.8. The summed E-state index contributed by atoms with van der Waals surface area (Å²) < 4.78 is 0. The van der Waals surface area contributed by atoms with Crippen molar-refractivity contribution < 1.29 is 4.79 Å². The first kappa shape index (κ1) is 18.4. The molecule has 2 aromatic carbocycles. The summed E-state index contributed by atoms with van der Waals surface area (Å²) in [7, 11) is 0. The number of likely N-dealkylation sites (tertiary alicyclic amines) is 2. The third-order valence-corrected chi connectivity index (χ3v) is 7.10. The van der Waals surface area contributed by atoms with E-state index in [0.717, 1.165) is 45.6 Å². The van der Waals surface area contributed by atoms with Crippen LogP contribution in [0.2, 0.25) is 0 Å². The number of rotatable bonds is 5. The Labute approximate surface area is 172 Å². The Kier molecular flexibility index (Phi) is 4.67. The molecule has 1 aromatic heterocycles. The lowest BCUT2D eigenvalue weighted by molar-refractivity contribution is -0.128. The van der Waals surface area contributed by atoms with E-state index in [4.69, 9.17) is 0 Å². The zero-order valence-corrected chi connectivity index (χ0v) is 17.1. The first-order chi connectivity index (χ1) is 14.1. The second-order valence-electron chi connectivity index (χ2n) is 8.97. The number of para-hydroxylation sites is 1. The van der Waals surface area contributed by atoms with Crippen LogP contribution in [0.25, 0.3) is 10.9 Å². The van der Waals surface area contributed by atoms with Crippen molar-refractivity contribution in [3.8, 4) is 0 Å². The fraction of sp³-hybridized carbons (Fsp3) is 0.400. The molecule has 3 aromatic rings. The van der Waals surface area contributed by atoms with Gasteiger partial charge in [0.15, 0.2) is 0 Å². The number of aryl methyl sites for hydroxylation is 1. The molecule has 0 saturated carbocycles. The summed E-state index contributed by atoms with van der Waals surface area (Å²) in [4.78, 5) is 20.2. The molecule has 0 spiro atoms. The van der Waals surface area contributed by atoms with Gasteiger partial charge in [0, 0.05) is 56.8 Å². The van der Waals surface area contributed by atoms with Crippen LogP contribution in [-0.4, -0.2) is 46.9 Å². The first-order valence-corrected chi connectivity index (χ1v) is 10.7. The van der Waals surface area contributed by atoms with E-state index in [-0.39, 0.29) is 11.3 Å². The highest BCUT2D eigenvalue weighted by atomic mass is 16.2. The van der Waals surface area contributed by atoms with Crippen molar-refractivity contribution in [2.75, 3.05) is 26.2 Å². The van der Waals surface area contributed by atoms with Crippen LogP contribution in [0.4, 0.5) is 0 Å². The molecule has 5 rings (SSSR count). The molecule has 4 heteroatoms. The monoisotopic (exact) mass is 387 g/mol. The lowest BCUT2D eigenvalue weighted by Crippen LogP contribution is -2.36. The largest absolute Gasteiger partial charge is 0.361 e. The molecule has 1 amide bonds. The minimum absolute atomic E-state index is 0.213. The second-order valence-corrected chi connectivity index (χ2v) is 8.97. The van der Waals surface area contributed by atoms with Gasteiger partial charge >= 0.3 is 0 Å². The van der Waals surface area contributed by atoms with Crippen LogP contribution < -0.4 is 0 Å². The Morgan fingerprint density at radius 2 is 1.93 bits per heavy atom. The Balaban J connectivity index is 1.35. The van der Waals surface area contributed by atoms with Gasteiger partial charge in [-0.25, -0.2) is 0 Å². The molecule has 3 heterocycles. The summed E-state index contributed by atoms with van der Waals surface area (Å²) in [6, 6.07) is 19.5. The molecule has 2 unspecified atom stereocenters. The van der Waals surface area contributed by atoms with Gasteiger partial charge in [0.1, 0.15) is 0 Å². The molecule has 150 valence electrons. The van der Waals surface area contributed by atoms with Crippen molar-refractivity contribution in [1.82, 2.24) is 14.8 Å². The third kappa shape index (κ3) is 3.46. The maximum atomic E-state index is 12.1. The number of carbonyl (C=O) groups excluding carboxylic acids is 1. The van der Waals surface area contributed by atoms with Crippen molar-refractivity contribution >= 4 is 16.8 Å². The fourth-order valence-corrected chi connectivity index (χ4v) is 5.57. The van der Waals surface area contributed by atoms with E-state index in [9.17, 15) is 4.79 Å². The van der Waals surface area contributed by atoms with Crippen molar-refractivity contribution in [2.45, 2.75) is 26.3 Å². The predicted molar refractivity (Wildman–Crippen MR) is 117 cm³/mol. The Hall–Kier alpha value is -2.59. The Bertz CT molecular complexity index is 1010. The van der Waals surface area contributed by atoms with Crippen LogP contribution in [-0.2, 0) is 17.8 Å². The SMILES string of the molecule is CC(=O)N1CC2CN(Cc3cccc4cc[nH]c34)CC2(CCc2ccccc2)C1. The van der Waals surface area contributed by atoms with Crippen LogP contribution in [0.1, 0.15) is 24.5 Å². The lowest BCUT2D eigenvalue weighted by atomic mass is 9.76. The summed E-state index contributed by atoms with van der Waals surface area (Å²) >= 11 is 0.